The van der Waals surface area contributed by atoms with E-state index >= 15 is 0 Å². The molecule has 1 aromatic heterocycles. The Hall–Kier alpha value is -1.35. The van der Waals surface area contributed by atoms with Crippen LogP contribution in [-0.4, -0.2) is 15.0 Å². The fourth-order valence-corrected chi connectivity index (χ4v) is 1.91. The number of hydrogen-bond donors (Lipinski definition) is 0. The number of nitrogens with zero attached hydrogens (tertiary/aromatic N) is 3. The van der Waals surface area contributed by atoms with Gasteiger partial charge in [-0.15, -0.1) is 16.7 Å². The van der Waals surface area contributed by atoms with E-state index in [-0.39, 0.29) is 5.41 Å². The fraction of sp³-hybridized carbons (Fsp3) is 0.385. The minimum atomic E-state index is 0.0731. The smallest absolute Gasteiger partial charge is 0.0979 e. The topological polar surface area (TPSA) is 30.7 Å². The number of alkyl halides is 1. The maximum absolute atomic E-state index is 5.74. The van der Waals surface area contributed by atoms with Crippen molar-refractivity contribution in [2.24, 2.45) is 0 Å². The van der Waals surface area contributed by atoms with Crippen molar-refractivity contribution in [3.63, 3.8) is 0 Å². The van der Waals surface area contributed by atoms with Gasteiger partial charge in [0, 0.05) is 0 Å². The van der Waals surface area contributed by atoms with Gasteiger partial charge < -0.3 is 0 Å². The molecule has 1 aromatic carbocycles. The molecule has 0 saturated carbocycles. The van der Waals surface area contributed by atoms with E-state index in [9.17, 15) is 0 Å². The third-order valence-corrected chi connectivity index (χ3v) is 2.91. The predicted molar refractivity (Wildman–Crippen MR) is 69.6 cm³/mol. The summed E-state index contributed by atoms with van der Waals surface area (Å²) in [7, 11) is 0. The van der Waals surface area contributed by atoms with E-state index in [1.54, 1.807) is 4.68 Å². The normalized spacial score (nSPS) is 11.8. The summed E-state index contributed by atoms with van der Waals surface area (Å²) >= 11 is 5.74. The second kappa shape index (κ2) is 4.49. The van der Waals surface area contributed by atoms with E-state index in [0.29, 0.717) is 5.88 Å². The lowest BCUT2D eigenvalue weighted by Crippen LogP contribution is -2.15. The Balaban J connectivity index is 2.52. The van der Waals surface area contributed by atoms with Gasteiger partial charge in [0.25, 0.3) is 0 Å². The number of halogens is 1. The maximum Gasteiger partial charge on any atom is 0.0979 e. The lowest BCUT2D eigenvalue weighted by molar-refractivity contribution is 0.582. The quantitative estimate of drug-likeness (QED) is 0.765. The van der Waals surface area contributed by atoms with Crippen LogP contribution in [0.2, 0.25) is 0 Å². The summed E-state index contributed by atoms with van der Waals surface area (Å²) in [6, 6.07) is 8.22. The van der Waals surface area contributed by atoms with Gasteiger partial charge in [0.05, 0.1) is 23.5 Å². The van der Waals surface area contributed by atoms with Crippen LogP contribution < -0.4 is 0 Å². The van der Waals surface area contributed by atoms with E-state index in [2.05, 4.69) is 37.1 Å². The second-order valence-electron chi connectivity index (χ2n) is 5.06. The molecule has 0 aliphatic heterocycles. The van der Waals surface area contributed by atoms with Crippen LogP contribution in [0.15, 0.2) is 30.5 Å². The van der Waals surface area contributed by atoms with Crippen LogP contribution in [0.1, 0.15) is 32.0 Å². The van der Waals surface area contributed by atoms with E-state index in [4.69, 9.17) is 11.6 Å². The van der Waals surface area contributed by atoms with Crippen LogP contribution >= 0.6 is 11.6 Å². The molecule has 0 radical (unpaired) electrons. The molecule has 0 saturated heterocycles. The molecular weight excluding hydrogens is 234 g/mol. The first-order valence-electron chi connectivity index (χ1n) is 5.59. The number of benzene rings is 1. The van der Waals surface area contributed by atoms with Gasteiger partial charge in [-0.2, -0.15) is 0 Å². The first kappa shape index (κ1) is 12.1. The van der Waals surface area contributed by atoms with Gasteiger partial charge in [0.15, 0.2) is 0 Å². The zero-order valence-electron chi connectivity index (χ0n) is 10.3. The van der Waals surface area contributed by atoms with Crippen molar-refractivity contribution >= 4 is 11.6 Å². The second-order valence-corrected chi connectivity index (χ2v) is 5.32. The van der Waals surface area contributed by atoms with Crippen molar-refractivity contribution in [2.75, 3.05) is 0 Å². The lowest BCUT2D eigenvalue weighted by Gasteiger charge is -2.22. The first-order valence-corrected chi connectivity index (χ1v) is 6.13. The Morgan fingerprint density at radius 2 is 1.94 bits per heavy atom. The maximum atomic E-state index is 5.74. The van der Waals surface area contributed by atoms with E-state index in [0.717, 1.165) is 11.4 Å². The van der Waals surface area contributed by atoms with Gasteiger partial charge in [0.1, 0.15) is 0 Å². The highest BCUT2D eigenvalue weighted by Gasteiger charge is 2.18. The third kappa shape index (κ3) is 2.50. The van der Waals surface area contributed by atoms with Crippen LogP contribution in [0, 0.1) is 0 Å². The standard InChI is InChI=1S/C13H16ClN3/c1-13(2,3)11-6-4-5-7-12(11)17-9-10(8-14)15-16-17/h4-7,9H,8H2,1-3H3. The molecule has 1 heterocycles. The summed E-state index contributed by atoms with van der Waals surface area (Å²) in [4.78, 5) is 0. The lowest BCUT2D eigenvalue weighted by atomic mass is 9.86. The van der Waals surface area contributed by atoms with Crippen molar-refractivity contribution < 1.29 is 0 Å². The van der Waals surface area contributed by atoms with Gasteiger partial charge >= 0.3 is 0 Å². The van der Waals surface area contributed by atoms with Crippen LogP contribution in [0.4, 0.5) is 0 Å². The molecule has 0 bridgehead atoms. The largest absolute Gasteiger partial charge is 0.220 e. The molecule has 0 aliphatic carbocycles. The summed E-state index contributed by atoms with van der Waals surface area (Å²) in [5, 5.41) is 8.13. The third-order valence-electron chi connectivity index (χ3n) is 2.64. The average molecular weight is 250 g/mol. The Morgan fingerprint density at radius 3 is 2.53 bits per heavy atom. The Morgan fingerprint density at radius 1 is 1.24 bits per heavy atom. The molecule has 0 N–H and O–H groups in total. The highest BCUT2D eigenvalue weighted by molar-refractivity contribution is 6.16. The average Bonchev–Trinajstić information content (AvgIpc) is 2.76. The summed E-state index contributed by atoms with van der Waals surface area (Å²) < 4.78 is 1.79. The monoisotopic (exact) mass is 249 g/mol. The van der Waals surface area contributed by atoms with Crippen molar-refractivity contribution in [1.82, 2.24) is 15.0 Å². The number of hydrogen-bond acceptors (Lipinski definition) is 2. The molecule has 2 aromatic rings. The van der Waals surface area contributed by atoms with E-state index in [1.807, 2.05) is 24.4 Å². The molecule has 4 heteroatoms. The van der Waals surface area contributed by atoms with Gasteiger partial charge in [-0.1, -0.05) is 44.2 Å². The number of para-hydroxylation sites is 1. The molecule has 2 rings (SSSR count). The fourth-order valence-electron chi connectivity index (χ4n) is 1.79. The van der Waals surface area contributed by atoms with Gasteiger partial charge in [0.2, 0.25) is 0 Å². The Kier molecular flexibility index (Phi) is 3.20. The summed E-state index contributed by atoms with van der Waals surface area (Å²) in [5.74, 6) is 0.387. The molecule has 0 spiro atoms. The highest BCUT2D eigenvalue weighted by Crippen LogP contribution is 2.27. The van der Waals surface area contributed by atoms with Crippen molar-refractivity contribution in [3.05, 3.63) is 41.7 Å². The molecule has 17 heavy (non-hydrogen) atoms. The predicted octanol–water partition coefficient (Wildman–Crippen LogP) is 3.30. The molecule has 3 nitrogen and oxygen atoms in total. The number of aromatic nitrogens is 3. The van der Waals surface area contributed by atoms with Crippen molar-refractivity contribution in [2.45, 2.75) is 32.1 Å². The minimum Gasteiger partial charge on any atom is -0.220 e. The van der Waals surface area contributed by atoms with Gasteiger partial charge in [-0.3, -0.25) is 0 Å². The highest BCUT2D eigenvalue weighted by atomic mass is 35.5. The molecular formula is C13H16ClN3. The van der Waals surface area contributed by atoms with Crippen molar-refractivity contribution in [3.8, 4) is 5.69 Å². The molecule has 0 aliphatic rings. The van der Waals surface area contributed by atoms with Crippen LogP contribution in [0.25, 0.3) is 5.69 Å². The first-order chi connectivity index (χ1) is 8.02. The van der Waals surface area contributed by atoms with Crippen LogP contribution in [0.3, 0.4) is 0 Å². The van der Waals surface area contributed by atoms with E-state index in [1.165, 1.54) is 5.56 Å². The zero-order valence-corrected chi connectivity index (χ0v) is 11.1. The van der Waals surface area contributed by atoms with E-state index < -0.39 is 0 Å². The molecule has 0 fully saturated rings. The molecule has 0 atom stereocenters. The molecule has 0 amide bonds. The van der Waals surface area contributed by atoms with Crippen LogP contribution in [0.5, 0.6) is 0 Å². The molecule has 90 valence electrons. The summed E-state index contributed by atoms with van der Waals surface area (Å²) in [6.07, 6.45) is 1.87. The SMILES string of the molecule is CC(C)(C)c1ccccc1-n1cc(CCl)nn1. The number of rotatable bonds is 2. The van der Waals surface area contributed by atoms with Gasteiger partial charge in [-0.05, 0) is 17.0 Å². The van der Waals surface area contributed by atoms with Crippen LogP contribution in [-0.2, 0) is 11.3 Å². The van der Waals surface area contributed by atoms with Crippen molar-refractivity contribution in [1.29, 1.82) is 0 Å². The summed E-state index contributed by atoms with van der Waals surface area (Å²) in [6.45, 7) is 6.56. The molecule has 0 unspecified atom stereocenters. The minimum absolute atomic E-state index is 0.0731. The van der Waals surface area contributed by atoms with Gasteiger partial charge in [-0.25, -0.2) is 4.68 Å². The Labute approximate surface area is 106 Å². The zero-order chi connectivity index (χ0) is 12.5. The summed E-state index contributed by atoms with van der Waals surface area (Å²) in [5.41, 5.74) is 3.16. The Bertz CT molecular complexity index is 511.